The molecule has 0 aliphatic heterocycles. The summed E-state index contributed by atoms with van der Waals surface area (Å²) in [5.74, 6) is 7.38. The first kappa shape index (κ1) is 92.7. The van der Waals surface area contributed by atoms with Gasteiger partial charge in [0.25, 0.3) is 0 Å². The summed E-state index contributed by atoms with van der Waals surface area (Å²) in [5, 5.41) is 38.9. The number of benzene rings is 14. The number of aryl methyl sites for hydroxylation is 10. The van der Waals surface area contributed by atoms with E-state index < -0.39 is 0 Å². The van der Waals surface area contributed by atoms with Gasteiger partial charge in [0, 0.05) is 120 Å². The van der Waals surface area contributed by atoms with Crippen molar-refractivity contribution in [1.82, 2.24) is 59.1 Å². The monoisotopic (exact) mass is 2350 g/mol. The third kappa shape index (κ3) is 20.2. The molecule has 0 N–H and O–H groups in total. The van der Waals surface area contributed by atoms with Crippen molar-refractivity contribution in [3.8, 4) is 124 Å². The smallest absolute Gasteiger partial charge is 0.159 e. The van der Waals surface area contributed by atoms with Crippen LogP contribution >= 0.6 is 0 Å². The van der Waals surface area contributed by atoms with Crippen LogP contribution in [-0.4, -0.2) is 59.1 Å². The van der Waals surface area contributed by atoms with Crippen molar-refractivity contribution in [2.24, 2.45) is 0 Å². The Labute approximate surface area is 789 Å². The molecule has 16 heteroatoms. The third-order valence-electron chi connectivity index (χ3n) is 23.5. The molecule has 0 atom stereocenters. The molecule has 14 aromatic carbocycles. The van der Waals surface area contributed by atoms with Crippen LogP contribution in [0.2, 0.25) is 0 Å². The molecular weight excluding hydrogens is 2250 g/mol. The second-order valence-corrected chi connectivity index (χ2v) is 31.9. The number of fused-ring (bicyclic) bond motifs is 1. The summed E-state index contributed by atoms with van der Waals surface area (Å²) < 4.78 is 8.65. The molecule has 0 unspecified atom stereocenters. The maximum atomic E-state index is 4.70. The van der Waals surface area contributed by atoms with Gasteiger partial charge in [0.2, 0.25) is 0 Å². The van der Waals surface area contributed by atoms with Crippen LogP contribution in [0, 0.1) is 114 Å². The van der Waals surface area contributed by atoms with Gasteiger partial charge in [-0.2, -0.15) is 20.4 Å². The van der Waals surface area contributed by atoms with Gasteiger partial charge in [-0.3, -0.25) is 0 Å². The van der Waals surface area contributed by atoms with Crippen LogP contribution in [0.4, 0.5) is 0 Å². The van der Waals surface area contributed by atoms with Gasteiger partial charge in [0.05, 0.1) is 23.3 Å². The summed E-state index contributed by atoms with van der Waals surface area (Å²) in [7, 11) is 0. The van der Waals surface area contributed by atoms with Crippen LogP contribution in [-0.2, 0) is 80.4 Å². The molecular formula is C109H98Ir4N12-4. The van der Waals surface area contributed by atoms with E-state index in [-0.39, 0.29) is 80.4 Å². The second-order valence-electron chi connectivity index (χ2n) is 31.9. The van der Waals surface area contributed by atoms with E-state index in [4.69, 9.17) is 10.2 Å². The zero-order chi connectivity index (χ0) is 83.8. The maximum absolute atomic E-state index is 4.70. The molecule has 1 saturated carbocycles. The Morgan fingerprint density at radius 3 is 1.38 bits per heavy atom. The van der Waals surface area contributed by atoms with Crippen molar-refractivity contribution in [3.05, 3.63) is 394 Å². The van der Waals surface area contributed by atoms with Gasteiger partial charge in [-0.05, 0) is 241 Å². The van der Waals surface area contributed by atoms with Crippen LogP contribution in [0.5, 0.6) is 0 Å². The average Bonchev–Trinajstić information content (AvgIpc) is 1.69. The zero-order valence-electron chi connectivity index (χ0n) is 72.5. The Balaban J connectivity index is 0.000000151. The second kappa shape index (κ2) is 42.0. The topological polar surface area (TPSA) is 123 Å². The zero-order valence-corrected chi connectivity index (χ0v) is 82.1. The van der Waals surface area contributed by atoms with Crippen LogP contribution in [0.25, 0.3) is 135 Å². The van der Waals surface area contributed by atoms with Gasteiger partial charge in [-0.15, -0.1) is 151 Å². The molecule has 1 fully saturated rings. The number of hydrogen-bond donors (Lipinski definition) is 0. The molecule has 0 bridgehead atoms. The predicted octanol–water partition coefficient (Wildman–Crippen LogP) is 26.5. The van der Waals surface area contributed by atoms with Crippen LogP contribution < -0.4 is 0 Å². The van der Waals surface area contributed by atoms with Crippen LogP contribution in [0.3, 0.4) is 0 Å². The molecule has 0 saturated heterocycles. The number of para-hydroxylation sites is 3. The first-order chi connectivity index (χ1) is 58.9. The fraction of sp³-hybridized carbons (Fsp3) is 0.174. The maximum Gasteiger partial charge on any atom is 0.159 e. The summed E-state index contributed by atoms with van der Waals surface area (Å²) >= 11 is 0. The number of rotatable bonds is 14. The summed E-state index contributed by atoms with van der Waals surface area (Å²) in [6.07, 6.45) is 6.26. The molecule has 12 nitrogen and oxygen atoms in total. The van der Waals surface area contributed by atoms with E-state index >= 15 is 0 Å². The minimum absolute atomic E-state index is 0. The molecule has 125 heavy (non-hydrogen) atoms. The fourth-order valence-electron chi connectivity index (χ4n) is 16.8. The summed E-state index contributed by atoms with van der Waals surface area (Å²) in [5.41, 5.74) is 32.9. The van der Waals surface area contributed by atoms with Gasteiger partial charge >= 0.3 is 0 Å². The number of nitrogens with zero attached hydrogens (tertiary/aromatic N) is 12. The SMILES string of the molecule is Cc1cc(-c2cc(C)c(-n3c(C)nnc3-c3[c-]cccc3)c(C)c2)cc(C)c1C.Cc1ccc(-c2cc(C)c(-c3nnc(-c4[c-]cccc4)n3-c3ccccc3)c(C)c2)c(C)c1C.Cc1ccc(-c2cc[c-]c(-c3nnc(C4CCCCC4)n3-c3ccccc3)c2)cc1.Cc1cccc(-c2nnc(-c3[c-]ccc4ccccc34)n2-c2ccccc2)c1.[Ir].[Ir].[Ir].[Ir]. The normalized spacial score (nSPS) is 11.6. The molecule has 0 spiro atoms. The van der Waals surface area contributed by atoms with E-state index in [0.717, 1.165) is 113 Å². The van der Waals surface area contributed by atoms with Crippen molar-refractivity contribution in [2.75, 3.05) is 0 Å². The molecule has 634 valence electrons. The molecule has 1 aliphatic carbocycles. The summed E-state index contributed by atoms with van der Waals surface area (Å²) in [6.45, 7) is 28.0. The van der Waals surface area contributed by atoms with Gasteiger partial charge in [-0.1, -0.05) is 199 Å². The summed E-state index contributed by atoms with van der Waals surface area (Å²) in [6, 6.07) is 114. The molecule has 19 rings (SSSR count). The molecule has 4 heterocycles. The van der Waals surface area contributed by atoms with Crippen molar-refractivity contribution >= 4 is 10.8 Å². The molecule has 4 radical (unpaired) electrons. The average molecular weight is 2340 g/mol. The Hall–Kier alpha value is -11.5. The largest absolute Gasteiger partial charge is 0.320 e. The Morgan fingerprint density at radius 1 is 0.280 bits per heavy atom. The molecule has 0 amide bonds. The minimum atomic E-state index is 0. The minimum Gasteiger partial charge on any atom is -0.320 e. The van der Waals surface area contributed by atoms with E-state index in [0.29, 0.717) is 5.92 Å². The fourth-order valence-corrected chi connectivity index (χ4v) is 16.8. The van der Waals surface area contributed by atoms with Crippen molar-refractivity contribution < 1.29 is 80.4 Å². The van der Waals surface area contributed by atoms with Crippen molar-refractivity contribution in [3.63, 3.8) is 0 Å². The van der Waals surface area contributed by atoms with Crippen molar-refractivity contribution in [1.29, 1.82) is 0 Å². The first-order valence-electron chi connectivity index (χ1n) is 41.8. The Morgan fingerprint density at radius 2 is 0.776 bits per heavy atom. The van der Waals surface area contributed by atoms with Crippen LogP contribution in [0.15, 0.2) is 291 Å². The molecule has 1 aliphatic rings. The standard InChI is InChI=1S/C31H28N3.C27H26N3.C26H26N3.C25H18N3.4Ir/c1-20-16-17-28(24(5)23(20)4)26-18-21(2)29(22(3)19-26)31-33-32-30(25-12-8-6-9-13-25)34(31)27-14-10-7-11-15-27;1-20-15-17-21(18-16-20)23-11-8-12-24(19-23)27-29-28-26(22-9-4-2-5-10-22)30(27)25-13-6-3-7-14-25;1-16-12-23(13-17(2)20(16)5)24-14-18(3)25(19(4)15-24)29-21(6)27-28-26(29)22-10-8-7-9-11-22;1-18-9-7-12-20(17-18)24-26-27-25(28(24)21-13-3-2-4-14-21)23-16-8-11-19-10-5-6-15-22(19)23;;;;/h6-12,14-19H,1-5H3;3,6-8,11,13-19,22H,2,4-5,9-10H2,1H3;7-10,12-15H,1-6H3;2-15,17H,1H3;;;;/q4*-1;;;;. The van der Waals surface area contributed by atoms with Gasteiger partial charge in [-0.25, -0.2) is 0 Å². The molecule has 18 aromatic rings. The van der Waals surface area contributed by atoms with Crippen LogP contribution in [0.1, 0.15) is 116 Å². The Kier molecular flexibility index (Phi) is 31.1. The van der Waals surface area contributed by atoms with Crippen molar-refractivity contribution in [2.45, 2.75) is 128 Å². The van der Waals surface area contributed by atoms with E-state index in [2.05, 4.69) is 338 Å². The van der Waals surface area contributed by atoms with Gasteiger partial charge in [0.15, 0.2) is 11.6 Å². The third-order valence-corrected chi connectivity index (χ3v) is 23.5. The Bertz CT molecular complexity index is 6640. The van der Waals surface area contributed by atoms with E-state index in [1.165, 1.54) is 132 Å². The number of hydrogen-bond acceptors (Lipinski definition) is 8. The van der Waals surface area contributed by atoms with E-state index in [9.17, 15) is 0 Å². The molecule has 4 aromatic heterocycles. The van der Waals surface area contributed by atoms with Gasteiger partial charge < -0.3 is 18.3 Å². The van der Waals surface area contributed by atoms with Gasteiger partial charge in [0.1, 0.15) is 11.6 Å². The number of aromatic nitrogens is 12. The first-order valence-corrected chi connectivity index (χ1v) is 41.8. The quantitative estimate of drug-likeness (QED) is 0.0987. The van der Waals surface area contributed by atoms with E-state index in [1.807, 2.05) is 116 Å². The van der Waals surface area contributed by atoms with E-state index in [1.54, 1.807) is 0 Å². The predicted molar refractivity (Wildman–Crippen MR) is 495 cm³/mol. The summed E-state index contributed by atoms with van der Waals surface area (Å²) in [4.78, 5) is 0.